The first-order chi connectivity index (χ1) is 15.0. The lowest BCUT2D eigenvalue weighted by Gasteiger charge is -2.18. The van der Waals surface area contributed by atoms with Gasteiger partial charge in [-0.15, -0.1) is 0 Å². The number of carboxylic acid groups (broad SMARTS) is 1. The first kappa shape index (κ1) is 24.5. The largest absolute Gasteiger partial charge is 0.506 e. The molecule has 4 N–H and O–H groups in total. The minimum absolute atomic E-state index is 0.0863. The number of carbonyl (C=O) groups excluding carboxylic acids is 1. The lowest BCUT2D eigenvalue weighted by molar-refractivity contribution is -0.145. The molecule has 1 atom stereocenters. The highest BCUT2D eigenvalue weighted by Crippen LogP contribution is 2.36. The van der Waals surface area contributed by atoms with Gasteiger partial charge in [0.05, 0.1) is 5.56 Å². The molecule has 6 nitrogen and oxygen atoms in total. The van der Waals surface area contributed by atoms with Crippen LogP contribution in [0.2, 0.25) is 0 Å². The van der Waals surface area contributed by atoms with E-state index in [2.05, 4.69) is 6.92 Å². The number of primary amides is 1. The van der Waals surface area contributed by atoms with Crippen LogP contribution in [0.5, 0.6) is 11.5 Å². The fourth-order valence-electron chi connectivity index (χ4n) is 3.82. The van der Waals surface area contributed by atoms with Gasteiger partial charge in [-0.05, 0) is 18.9 Å². The Balaban J connectivity index is 1.92. The summed E-state index contributed by atoms with van der Waals surface area (Å²) in [5.74, 6) is -1.83. The molecule has 1 unspecified atom stereocenters. The molecule has 0 bridgehead atoms. The average molecular weight is 430 g/mol. The maximum atomic E-state index is 11.8. The molecule has 0 aliphatic heterocycles. The molecule has 2 aromatic rings. The Labute approximate surface area is 184 Å². The highest BCUT2D eigenvalue weighted by atomic mass is 16.5. The molecule has 0 saturated heterocycles. The summed E-state index contributed by atoms with van der Waals surface area (Å²) >= 11 is 0. The van der Waals surface area contributed by atoms with Crippen LogP contribution in [0.25, 0.3) is 10.8 Å². The number of phenols is 1. The van der Waals surface area contributed by atoms with E-state index in [0.717, 1.165) is 19.3 Å². The van der Waals surface area contributed by atoms with Crippen molar-refractivity contribution in [2.75, 3.05) is 0 Å². The molecular formula is C25H35NO5. The number of benzene rings is 2. The number of unbranched alkanes of at least 4 members (excludes halogenated alkanes) is 9. The van der Waals surface area contributed by atoms with Crippen molar-refractivity contribution >= 4 is 22.6 Å². The van der Waals surface area contributed by atoms with E-state index in [1.54, 1.807) is 24.3 Å². The first-order valence-corrected chi connectivity index (χ1v) is 11.4. The van der Waals surface area contributed by atoms with Crippen LogP contribution < -0.4 is 10.5 Å². The van der Waals surface area contributed by atoms with Gasteiger partial charge in [0.15, 0.2) is 6.10 Å². The molecule has 0 aliphatic rings. The van der Waals surface area contributed by atoms with Gasteiger partial charge < -0.3 is 20.7 Å². The lowest BCUT2D eigenvalue weighted by atomic mass is 10.0. The van der Waals surface area contributed by atoms with E-state index in [0.29, 0.717) is 17.2 Å². The predicted molar refractivity (Wildman–Crippen MR) is 123 cm³/mol. The fourth-order valence-corrected chi connectivity index (χ4v) is 3.82. The van der Waals surface area contributed by atoms with Crippen LogP contribution in [0, 0.1) is 0 Å². The highest BCUT2D eigenvalue weighted by molar-refractivity contribution is 6.05. The Bertz CT molecular complexity index is 864. The van der Waals surface area contributed by atoms with Crippen LogP contribution >= 0.6 is 0 Å². The van der Waals surface area contributed by atoms with Gasteiger partial charge in [-0.1, -0.05) is 89.0 Å². The molecule has 2 rings (SSSR count). The number of aromatic hydroxyl groups is 1. The maximum Gasteiger partial charge on any atom is 0.344 e. The third-order valence-corrected chi connectivity index (χ3v) is 5.61. The van der Waals surface area contributed by atoms with E-state index in [4.69, 9.17) is 10.5 Å². The summed E-state index contributed by atoms with van der Waals surface area (Å²) in [6, 6.07) is 8.16. The number of amides is 1. The molecule has 0 heterocycles. The van der Waals surface area contributed by atoms with Crippen LogP contribution in [0.3, 0.4) is 0 Å². The molecule has 6 heteroatoms. The molecule has 2 aromatic carbocycles. The van der Waals surface area contributed by atoms with Gasteiger partial charge in [-0.25, -0.2) is 4.79 Å². The SMILES string of the molecule is CCCCCCCCCCCCC(Oc1cc(C(N)=O)c(O)c2ccccc12)C(=O)O. The number of hydrogen-bond acceptors (Lipinski definition) is 4. The minimum atomic E-state index is -1.05. The molecule has 0 aliphatic carbocycles. The fraction of sp³-hybridized carbons (Fsp3) is 0.520. The van der Waals surface area contributed by atoms with Gasteiger partial charge in [0, 0.05) is 10.8 Å². The standard InChI is InChI=1S/C25H35NO5/c1-2-3-4-5-6-7-8-9-10-11-16-21(25(29)30)31-22-17-20(24(26)28)23(27)19-15-13-12-14-18(19)22/h12-15,17,21,27H,2-11,16H2,1H3,(H2,26,28)(H,29,30). The van der Waals surface area contributed by atoms with Crippen molar-refractivity contribution in [2.24, 2.45) is 5.73 Å². The second kappa shape index (κ2) is 12.8. The second-order valence-electron chi connectivity index (χ2n) is 8.10. The molecule has 0 saturated carbocycles. The molecule has 0 aromatic heterocycles. The average Bonchev–Trinajstić information content (AvgIpc) is 2.75. The third kappa shape index (κ3) is 7.46. The summed E-state index contributed by atoms with van der Waals surface area (Å²) in [6.07, 6.45) is 11.0. The van der Waals surface area contributed by atoms with Crippen molar-refractivity contribution < 1.29 is 24.5 Å². The van der Waals surface area contributed by atoms with Gasteiger partial charge in [0.2, 0.25) is 0 Å². The van der Waals surface area contributed by atoms with E-state index < -0.39 is 18.0 Å². The van der Waals surface area contributed by atoms with E-state index in [9.17, 15) is 19.8 Å². The second-order valence-corrected chi connectivity index (χ2v) is 8.10. The number of nitrogens with two attached hydrogens (primary N) is 1. The Morgan fingerprint density at radius 1 is 0.935 bits per heavy atom. The van der Waals surface area contributed by atoms with Crippen molar-refractivity contribution in [3.63, 3.8) is 0 Å². The number of ether oxygens (including phenoxy) is 1. The molecule has 31 heavy (non-hydrogen) atoms. The van der Waals surface area contributed by atoms with Crippen LogP contribution in [0.1, 0.15) is 87.9 Å². The summed E-state index contributed by atoms with van der Waals surface area (Å²) in [6.45, 7) is 2.22. The van der Waals surface area contributed by atoms with Crippen LogP contribution in [-0.2, 0) is 4.79 Å². The van der Waals surface area contributed by atoms with Crippen LogP contribution in [-0.4, -0.2) is 28.2 Å². The third-order valence-electron chi connectivity index (χ3n) is 5.61. The molecular weight excluding hydrogens is 394 g/mol. The van der Waals surface area contributed by atoms with E-state index in [-0.39, 0.29) is 17.1 Å². The zero-order valence-electron chi connectivity index (χ0n) is 18.4. The normalized spacial score (nSPS) is 12.0. The van der Waals surface area contributed by atoms with Gasteiger partial charge in [0.25, 0.3) is 5.91 Å². The van der Waals surface area contributed by atoms with Gasteiger partial charge >= 0.3 is 5.97 Å². The van der Waals surface area contributed by atoms with Gasteiger partial charge in [-0.2, -0.15) is 0 Å². The molecule has 1 amide bonds. The smallest absolute Gasteiger partial charge is 0.344 e. The van der Waals surface area contributed by atoms with E-state index in [1.165, 1.54) is 51.0 Å². The molecule has 0 spiro atoms. The van der Waals surface area contributed by atoms with E-state index >= 15 is 0 Å². The van der Waals surface area contributed by atoms with Gasteiger partial charge in [-0.3, -0.25) is 4.79 Å². The van der Waals surface area contributed by atoms with Crippen molar-refractivity contribution in [3.8, 4) is 11.5 Å². The number of carbonyl (C=O) groups is 2. The zero-order chi connectivity index (χ0) is 22.6. The number of rotatable bonds is 15. The summed E-state index contributed by atoms with van der Waals surface area (Å²) in [5.41, 5.74) is 5.28. The summed E-state index contributed by atoms with van der Waals surface area (Å²) in [7, 11) is 0. The zero-order valence-corrected chi connectivity index (χ0v) is 18.4. The van der Waals surface area contributed by atoms with Crippen LogP contribution in [0.15, 0.2) is 30.3 Å². The highest BCUT2D eigenvalue weighted by Gasteiger charge is 2.22. The number of carboxylic acids is 1. The van der Waals surface area contributed by atoms with Crippen molar-refractivity contribution in [1.29, 1.82) is 0 Å². The Hall–Kier alpha value is -2.76. The summed E-state index contributed by atoms with van der Waals surface area (Å²) < 4.78 is 5.80. The quantitative estimate of drug-likeness (QED) is 0.311. The monoisotopic (exact) mass is 429 g/mol. The molecule has 0 fully saturated rings. The molecule has 0 radical (unpaired) electrons. The first-order valence-electron chi connectivity index (χ1n) is 11.4. The summed E-state index contributed by atoms with van der Waals surface area (Å²) in [4.78, 5) is 23.4. The Morgan fingerprint density at radius 2 is 1.48 bits per heavy atom. The van der Waals surface area contributed by atoms with Crippen molar-refractivity contribution in [3.05, 3.63) is 35.9 Å². The van der Waals surface area contributed by atoms with Gasteiger partial charge in [0.1, 0.15) is 11.5 Å². The Kier molecular flexibility index (Phi) is 10.1. The number of fused-ring (bicyclic) bond motifs is 1. The van der Waals surface area contributed by atoms with E-state index in [1.807, 2.05) is 0 Å². The van der Waals surface area contributed by atoms with Crippen molar-refractivity contribution in [1.82, 2.24) is 0 Å². The molecule has 170 valence electrons. The summed E-state index contributed by atoms with van der Waals surface area (Å²) in [5, 5.41) is 20.9. The topological polar surface area (TPSA) is 110 Å². The van der Waals surface area contributed by atoms with Crippen LogP contribution in [0.4, 0.5) is 0 Å². The minimum Gasteiger partial charge on any atom is -0.506 e. The number of aliphatic carboxylic acids is 1. The predicted octanol–water partition coefficient (Wildman–Crippen LogP) is 5.79. The van der Waals surface area contributed by atoms with Crippen molar-refractivity contribution in [2.45, 2.75) is 83.7 Å². The number of hydrogen-bond donors (Lipinski definition) is 3. The Morgan fingerprint density at radius 3 is 2.03 bits per heavy atom. The lowest BCUT2D eigenvalue weighted by Crippen LogP contribution is -2.27. The maximum absolute atomic E-state index is 11.8.